The smallest absolute Gasteiger partial charge is 0.326 e. The molecule has 0 aliphatic rings. The number of carbonyl (C=O) groups excluding carboxylic acids is 1. The van der Waals surface area contributed by atoms with Gasteiger partial charge in [-0.05, 0) is 47.2 Å². The van der Waals surface area contributed by atoms with Crippen molar-refractivity contribution in [2.75, 3.05) is 0 Å². The van der Waals surface area contributed by atoms with Crippen LogP contribution in [-0.2, 0) is 11.8 Å². The molecule has 3 N–H and O–H groups in total. The Morgan fingerprint density at radius 1 is 1.39 bits per heavy atom. The maximum Gasteiger partial charge on any atom is 0.326 e. The fourth-order valence-electron chi connectivity index (χ4n) is 2.28. The molecule has 1 aromatic heterocycles. The number of carboxylic acid groups (broad SMARTS) is 1. The lowest BCUT2D eigenvalue weighted by atomic mass is 10.1. The van der Waals surface area contributed by atoms with Crippen LogP contribution in [0.25, 0.3) is 10.9 Å². The van der Waals surface area contributed by atoms with Gasteiger partial charge in [-0.2, -0.15) is 0 Å². The molecule has 0 aliphatic carbocycles. The van der Waals surface area contributed by atoms with Gasteiger partial charge in [-0.25, -0.2) is 4.79 Å². The van der Waals surface area contributed by atoms with E-state index in [1.807, 2.05) is 0 Å². The van der Waals surface area contributed by atoms with Gasteiger partial charge in [0.15, 0.2) is 0 Å². The second-order valence-electron chi connectivity index (χ2n) is 5.02. The molecule has 1 aromatic carbocycles. The number of carboxylic acids is 1. The van der Waals surface area contributed by atoms with Gasteiger partial charge in [0, 0.05) is 16.0 Å². The van der Waals surface area contributed by atoms with E-state index < -0.39 is 34.8 Å². The van der Waals surface area contributed by atoms with E-state index in [0.717, 1.165) is 3.57 Å². The lowest BCUT2D eigenvalue weighted by molar-refractivity contribution is -0.139. The largest absolute Gasteiger partial charge is 0.506 e. The van der Waals surface area contributed by atoms with E-state index >= 15 is 0 Å². The average Bonchev–Trinajstić information content (AvgIpc) is 2.50. The molecule has 0 saturated heterocycles. The predicted molar refractivity (Wildman–Crippen MR) is 92.8 cm³/mol. The van der Waals surface area contributed by atoms with Gasteiger partial charge in [0.1, 0.15) is 17.4 Å². The third kappa shape index (κ3) is 3.16. The number of aromatic hydroxyl groups is 1. The van der Waals surface area contributed by atoms with Crippen molar-refractivity contribution in [3.8, 4) is 5.75 Å². The van der Waals surface area contributed by atoms with Crippen LogP contribution in [0.4, 0.5) is 0 Å². The maximum absolute atomic E-state index is 12.4. The first-order chi connectivity index (χ1) is 10.8. The fourth-order valence-corrected chi connectivity index (χ4v) is 2.77. The second-order valence-corrected chi connectivity index (χ2v) is 6.27. The molecule has 0 spiro atoms. The highest BCUT2D eigenvalue weighted by molar-refractivity contribution is 14.1. The Hall–Kier alpha value is -2.10. The van der Waals surface area contributed by atoms with E-state index in [-0.39, 0.29) is 6.42 Å². The van der Waals surface area contributed by atoms with Crippen LogP contribution in [0.5, 0.6) is 5.75 Å². The summed E-state index contributed by atoms with van der Waals surface area (Å²) in [5.74, 6) is -2.55. The van der Waals surface area contributed by atoms with E-state index in [0.29, 0.717) is 10.9 Å². The normalized spacial score (nSPS) is 12.1. The van der Waals surface area contributed by atoms with Crippen molar-refractivity contribution in [1.82, 2.24) is 9.88 Å². The summed E-state index contributed by atoms with van der Waals surface area (Å²) in [7, 11) is 1.49. The first-order valence-corrected chi connectivity index (χ1v) is 7.90. The molecule has 122 valence electrons. The maximum atomic E-state index is 12.4. The van der Waals surface area contributed by atoms with Crippen molar-refractivity contribution in [2.24, 2.45) is 7.05 Å². The van der Waals surface area contributed by atoms with Crippen LogP contribution in [0.1, 0.15) is 23.7 Å². The SMILES string of the molecule is CCC(NC(=O)c1c(O)c2cc(I)ccc2n(C)c1=O)C(=O)O. The predicted octanol–water partition coefficient (Wildman–Crippen LogP) is 1.44. The third-order valence-corrected chi connectivity index (χ3v) is 4.24. The summed E-state index contributed by atoms with van der Waals surface area (Å²) >= 11 is 2.05. The molecule has 1 heterocycles. The monoisotopic (exact) mass is 430 g/mol. The molecule has 2 rings (SSSR count). The van der Waals surface area contributed by atoms with Crippen molar-refractivity contribution in [1.29, 1.82) is 0 Å². The summed E-state index contributed by atoms with van der Waals surface area (Å²) in [5.41, 5.74) is -0.662. The second kappa shape index (κ2) is 6.57. The highest BCUT2D eigenvalue weighted by Gasteiger charge is 2.25. The Morgan fingerprint density at radius 3 is 2.61 bits per heavy atom. The third-order valence-electron chi connectivity index (χ3n) is 3.57. The van der Waals surface area contributed by atoms with Crippen molar-refractivity contribution in [3.63, 3.8) is 0 Å². The summed E-state index contributed by atoms with van der Waals surface area (Å²) in [4.78, 5) is 35.7. The van der Waals surface area contributed by atoms with Crippen LogP contribution in [0.3, 0.4) is 0 Å². The number of aliphatic carboxylic acids is 1. The van der Waals surface area contributed by atoms with E-state index in [2.05, 4.69) is 27.9 Å². The Labute approximate surface area is 145 Å². The Kier molecular flexibility index (Phi) is 4.93. The highest BCUT2D eigenvalue weighted by Crippen LogP contribution is 2.27. The van der Waals surface area contributed by atoms with Gasteiger partial charge in [-0.15, -0.1) is 0 Å². The lowest BCUT2D eigenvalue weighted by Crippen LogP contribution is -2.42. The number of pyridine rings is 1. The summed E-state index contributed by atoms with van der Waals surface area (Å²) in [6.07, 6.45) is 0.160. The van der Waals surface area contributed by atoms with Crippen LogP contribution < -0.4 is 10.9 Å². The van der Waals surface area contributed by atoms with Gasteiger partial charge in [0.2, 0.25) is 0 Å². The number of hydrogen-bond donors (Lipinski definition) is 3. The molecule has 2 aromatic rings. The summed E-state index contributed by atoms with van der Waals surface area (Å²) in [5, 5.41) is 22.0. The first-order valence-electron chi connectivity index (χ1n) is 6.82. The molecular weight excluding hydrogens is 415 g/mol. The van der Waals surface area contributed by atoms with Gasteiger partial charge in [0.25, 0.3) is 11.5 Å². The van der Waals surface area contributed by atoms with Gasteiger partial charge >= 0.3 is 5.97 Å². The van der Waals surface area contributed by atoms with E-state index in [4.69, 9.17) is 5.11 Å². The molecule has 0 bridgehead atoms. The van der Waals surface area contributed by atoms with Crippen LogP contribution in [0.2, 0.25) is 0 Å². The van der Waals surface area contributed by atoms with Crippen LogP contribution in [-0.4, -0.2) is 32.7 Å². The zero-order valence-electron chi connectivity index (χ0n) is 12.5. The van der Waals surface area contributed by atoms with Crippen LogP contribution in [0, 0.1) is 3.57 Å². The van der Waals surface area contributed by atoms with Crippen LogP contribution in [0.15, 0.2) is 23.0 Å². The molecule has 0 aliphatic heterocycles. The van der Waals surface area contributed by atoms with Gasteiger partial charge in [0.05, 0.1) is 5.52 Å². The van der Waals surface area contributed by atoms with Crippen LogP contribution >= 0.6 is 22.6 Å². The molecule has 1 amide bonds. The van der Waals surface area contributed by atoms with Crippen molar-refractivity contribution in [3.05, 3.63) is 37.7 Å². The summed E-state index contributed by atoms with van der Waals surface area (Å²) in [6, 6.07) is 3.97. The van der Waals surface area contributed by atoms with Crippen molar-refractivity contribution in [2.45, 2.75) is 19.4 Å². The molecule has 0 radical (unpaired) electrons. The number of nitrogens with zero attached hydrogens (tertiary/aromatic N) is 1. The summed E-state index contributed by atoms with van der Waals surface area (Å²) in [6.45, 7) is 1.60. The number of aromatic nitrogens is 1. The summed E-state index contributed by atoms with van der Waals surface area (Å²) < 4.78 is 2.08. The minimum atomic E-state index is -1.20. The van der Waals surface area contributed by atoms with Crippen molar-refractivity contribution >= 4 is 45.4 Å². The zero-order chi connectivity index (χ0) is 17.3. The van der Waals surface area contributed by atoms with E-state index in [1.165, 1.54) is 11.6 Å². The lowest BCUT2D eigenvalue weighted by Gasteiger charge is -2.15. The number of rotatable bonds is 4. The number of fused-ring (bicyclic) bond motifs is 1. The average molecular weight is 430 g/mol. The molecule has 0 fully saturated rings. The number of halogens is 1. The zero-order valence-corrected chi connectivity index (χ0v) is 14.6. The number of carbonyl (C=O) groups is 2. The minimum Gasteiger partial charge on any atom is -0.506 e. The number of benzene rings is 1. The van der Waals surface area contributed by atoms with E-state index in [1.54, 1.807) is 25.1 Å². The molecule has 7 nitrogen and oxygen atoms in total. The van der Waals surface area contributed by atoms with Gasteiger partial charge in [-0.1, -0.05) is 6.92 Å². The molecule has 1 unspecified atom stereocenters. The number of nitrogens with one attached hydrogen (secondary N) is 1. The quantitative estimate of drug-likeness (QED) is 0.637. The molecular formula is C15H15IN2O5. The minimum absolute atomic E-state index is 0.160. The molecule has 0 saturated carbocycles. The van der Waals surface area contributed by atoms with Crippen molar-refractivity contribution < 1.29 is 19.8 Å². The standard InChI is InChI=1S/C15H15IN2O5/c1-3-9(15(22)23)17-13(20)11-12(19)8-6-7(16)4-5-10(8)18(2)14(11)21/h4-6,9,19H,3H2,1-2H3,(H,17,20)(H,22,23). The fraction of sp³-hybridized carbons (Fsp3) is 0.267. The Morgan fingerprint density at radius 2 is 2.04 bits per heavy atom. The molecule has 8 heteroatoms. The topological polar surface area (TPSA) is 109 Å². The Balaban J connectivity index is 2.63. The number of aryl methyl sites for hydroxylation is 1. The van der Waals surface area contributed by atoms with Gasteiger partial charge in [-0.3, -0.25) is 9.59 Å². The highest BCUT2D eigenvalue weighted by atomic mass is 127. The molecule has 1 atom stereocenters. The first kappa shape index (κ1) is 17.3. The number of hydrogen-bond acceptors (Lipinski definition) is 4. The number of amides is 1. The Bertz CT molecular complexity index is 859. The van der Waals surface area contributed by atoms with E-state index in [9.17, 15) is 19.5 Å². The van der Waals surface area contributed by atoms with Gasteiger partial charge < -0.3 is 20.1 Å². The molecule has 23 heavy (non-hydrogen) atoms.